The molecule has 7 heteroatoms. The lowest BCUT2D eigenvalue weighted by Crippen LogP contribution is -2.31. The number of halogens is 3. The molecule has 0 aliphatic heterocycles. The predicted molar refractivity (Wildman–Crippen MR) is 55.4 cm³/mol. The van der Waals surface area contributed by atoms with E-state index in [9.17, 15) is 13.2 Å². The van der Waals surface area contributed by atoms with Crippen molar-refractivity contribution in [3.05, 3.63) is 0 Å². The van der Waals surface area contributed by atoms with Crippen molar-refractivity contribution in [2.24, 2.45) is 16.8 Å². The third kappa shape index (κ3) is 4.03. The maximum absolute atomic E-state index is 12.4. The summed E-state index contributed by atoms with van der Waals surface area (Å²) >= 11 is 4.50. The quantitative estimate of drug-likeness (QED) is 0.543. The fourth-order valence-electron chi connectivity index (χ4n) is 1.56. The van der Waals surface area contributed by atoms with Crippen LogP contribution in [0.1, 0.15) is 25.7 Å². The van der Waals surface area contributed by atoms with Gasteiger partial charge in [-0.25, -0.2) is 0 Å². The highest BCUT2D eigenvalue weighted by Crippen LogP contribution is 2.36. The van der Waals surface area contributed by atoms with Gasteiger partial charge in [0.1, 0.15) is 0 Å². The van der Waals surface area contributed by atoms with E-state index < -0.39 is 12.1 Å². The molecule has 1 unspecified atom stereocenters. The first-order valence-corrected chi connectivity index (χ1v) is 4.98. The van der Waals surface area contributed by atoms with Crippen molar-refractivity contribution in [1.29, 1.82) is 0 Å². The van der Waals surface area contributed by atoms with Crippen molar-refractivity contribution in [2.45, 2.75) is 31.9 Å². The Morgan fingerprint density at radius 1 is 1.53 bits per heavy atom. The summed E-state index contributed by atoms with van der Waals surface area (Å²) in [5.74, 6) is -1.28. The molecule has 0 saturated heterocycles. The number of nitrogens with one attached hydrogen (secondary N) is 1. The maximum atomic E-state index is 12.4. The number of alkyl halides is 3. The summed E-state index contributed by atoms with van der Waals surface area (Å²) in [5, 5.41) is 3.72. The largest absolute Gasteiger partial charge is 0.392 e. The molecule has 86 valence electrons. The number of hydrogen-bond donors (Lipinski definition) is 2. The van der Waals surface area contributed by atoms with Crippen LogP contribution in [0.2, 0.25) is 0 Å². The average Bonchev–Trinajstić information content (AvgIpc) is 2.14. The number of nitrogens with zero attached hydrogens (tertiary/aromatic N) is 1. The Morgan fingerprint density at radius 2 is 2.20 bits per heavy atom. The molecule has 1 rings (SSSR count). The van der Waals surface area contributed by atoms with E-state index in [-0.39, 0.29) is 18.0 Å². The Labute approximate surface area is 90.9 Å². The highest BCUT2D eigenvalue weighted by atomic mass is 32.1. The average molecular weight is 239 g/mol. The minimum absolute atomic E-state index is 0.0309. The monoisotopic (exact) mass is 239 g/mol. The molecule has 0 amide bonds. The van der Waals surface area contributed by atoms with E-state index in [2.05, 4.69) is 22.7 Å². The second kappa shape index (κ2) is 4.78. The number of nitrogens with two attached hydrogens (primary N) is 1. The minimum Gasteiger partial charge on any atom is -0.375 e. The number of hydrogen-bond acceptors (Lipinski definition) is 2. The molecular formula is C8H12F3N3S. The molecule has 0 aromatic rings. The van der Waals surface area contributed by atoms with Gasteiger partial charge in [-0.15, -0.1) is 0 Å². The van der Waals surface area contributed by atoms with Gasteiger partial charge in [-0.1, -0.05) is 0 Å². The van der Waals surface area contributed by atoms with E-state index in [1.165, 1.54) is 0 Å². The zero-order valence-electron chi connectivity index (χ0n) is 7.97. The fourth-order valence-corrected chi connectivity index (χ4v) is 1.60. The van der Waals surface area contributed by atoms with Gasteiger partial charge in [-0.3, -0.25) is 5.43 Å². The van der Waals surface area contributed by atoms with Crippen LogP contribution in [-0.2, 0) is 0 Å². The lowest BCUT2D eigenvalue weighted by molar-refractivity contribution is -0.175. The Kier molecular flexibility index (Phi) is 3.90. The Morgan fingerprint density at radius 3 is 2.73 bits per heavy atom. The standard InChI is InChI=1S/C8H12F3N3S/c9-8(10,11)5-2-1-3-6(4-5)13-14-7(12)15/h5H,1-4H2,(H3,12,14,15). The van der Waals surface area contributed by atoms with Crippen molar-refractivity contribution in [2.75, 3.05) is 0 Å². The van der Waals surface area contributed by atoms with E-state index in [0.29, 0.717) is 18.6 Å². The lowest BCUT2D eigenvalue weighted by Gasteiger charge is -2.25. The lowest BCUT2D eigenvalue weighted by atomic mass is 9.87. The van der Waals surface area contributed by atoms with E-state index >= 15 is 0 Å². The summed E-state index contributed by atoms with van der Waals surface area (Å²) in [7, 11) is 0. The molecule has 0 radical (unpaired) electrons. The van der Waals surface area contributed by atoms with Crippen molar-refractivity contribution < 1.29 is 13.2 Å². The van der Waals surface area contributed by atoms with Crippen LogP contribution in [0.3, 0.4) is 0 Å². The van der Waals surface area contributed by atoms with Crippen molar-refractivity contribution in [3.63, 3.8) is 0 Å². The topological polar surface area (TPSA) is 50.4 Å². The van der Waals surface area contributed by atoms with Crippen LogP contribution in [-0.4, -0.2) is 17.0 Å². The third-order valence-corrected chi connectivity index (χ3v) is 2.38. The molecule has 0 aromatic heterocycles. The molecule has 1 saturated carbocycles. The second-order valence-electron chi connectivity index (χ2n) is 3.49. The zero-order valence-corrected chi connectivity index (χ0v) is 8.79. The van der Waals surface area contributed by atoms with Crippen molar-refractivity contribution in [1.82, 2.24) is 5.43 Å². The molecule has 1 fully saturated rings. The first-order chi connectivity index (χ1) is 6.89. The first-order valence-electron chi connectivity index (χ1n) is 4.57. The molecule has 1 aliphatic carbocycles. The van der Waals surface area contributed by atoms with Gasteiger partial charge >= 0.3 is 6.18 Å². The van der Waals surface area contributed by atoms with Crippen LogP contribution in [0, 0.1) is 5.92 Å². The molecule has 3 nitrogen and oxygen atoms in total. The summed E-state index contributed by atoms with van der Waals surface area (Å²) < 4.78 is 37.2. The predicted octanol–water partition coefficient (Wildman–Crippen LogP) is 1.93. The minimum atomic E-state index is -4.13. The first kappa shape index (κ1) is 12.2. The SMILES string of the molecule is NC(=S)NN=C1CCCC(C(F)(F)F)C1. The number of rotatable bonds is 1. The zero-order chi connectivity index (χ0) is 11.5. The molecule has 1 aliphatic rings. The van der Waals surface area contributed by atoms with Crippen LogP contribution >= 0.6 is 12.2 Å². The van der Waals surface area contributed by atoms with Gasteiger partial charge in [-0.05, 0) is 37.9 Å². The highest BCUT2D eigenvalue weighted by Gasteiger charge is 2.41. The Hall–Kier alpha value is -0.850. The van der Waals surface area contributed by atoms with Crippen LogP contribution < -0.4 is 11.2 Å². The molecule has 0 bridgehead atoms. The van der Waals surface area contributed by atoms with Gasteiger partial charge in [0.15, 0.2) is 5.11 Å². The number of thiocarbonyl (C=S) groups is 1. The second-order valence-corrected chi connectivity index (χ2v) is 3.93. The summed E-state index contributed by atoms with van der Waals surface area (Å²) in [6.45, 7) is 0. The van der Waals surface area contributed by atoms with Gasteiger partial charge in [-0.2, -0.15) is 18.3 Å². The maximum Gasteiger partial charge on any atom is 0.392 e. The normalized spacial score (nSPS) is 25.3. The van der Waals surface area contributed by atoms with Gasteiger partial charge in [0.2, 0.25) is 0 Å². The summed E-state index contributed by atoms with van der Waals surface area (Å²) in [5.41, 5.74) is 7.92. The van der Waals surface area contributed by atoms with Crippen LogP contribution in [0.5, 0.6) is 0 Å². The third-order valence-electron chi connectivity index (χ3n) is 2.29. The van der Waals surface area contributed by atoms with Crippen LogP contribution in [0.4, 0.5) is 13.2 Å². The molecule has 1 atom stereocenters. The molecule has 3 N–H and O–H groups in total. The van der Waals surface area contributed by atoms with Gasteiger partial charge in [0.05, 0.1) is 5.92 Å². The summed E-state index contributed by atoms with van der Waals surface area (Å²) in [6, 6.07) is 0. The summed E-state index contributed by atoms with van der Waals surface area (Å²) in [6.07, 6.45) is -2.94. The van der Waals surface area contributed by atoms with Crippen LogP contribution in [0.25, 0.3) is 0 Å². The molecule has 0 spiro atoms. The number of hydrazone groups is 1. The molecular weight excluding hydrogens is 227 g/mol. The van der Waals surface area contributed by atoms with E-state index in [1.54, 1.807) is 0 Å². The van der Waals surface area contributed by atoms with E-state index in [4.69, 9.17) is 5.73 Å². The fraction of sp³-hybridized carbons (Fsp3) is 0.750. The highest BCUT2D eigenvalue weighted by molar-refractivity contribution is 7.80. The molecule has 0 aromatic carbocycles. The Balaban J connectivity index is 2.56. The van der Waals surface area contributed by atoms with Crippen LogP contribution in [0.15, 0.2) is 5.10 Å². The smallest absolute Gasteiger partial charge is 0.375 e. The molecule has 0 heterocycles. The van der Waals surface area contributed by atoms with Gasteiger partial charge in [0.25, 0.3) is 0 Å². The van der Waals surface area contributed by atoms with Gasteiger partial charge in [0, 0.05) is 5.71 Å². The molecule has 15 heavy (non-hydrogen) atoms. The van der Waals surface area contributed by atoms with E-state index in [0.717, 1.165) is 0 Å². The Bertz CT molecular complexity index is 275. The van der Waals surface area contributed by atoms with Crippen molar-refractivity contribution >= 4 is 23.0 Å². The van der Waals surface area contributed by atoms with Crippen molar-refractivity contribution in [3.8, 4) is 0 Å². The van der Waals surface area contributed by atoms with Gasteiger partial charge < -0.3 is 5.73 Å². The van der Waals surface area contributed by atoms with E-state index in [1.807, 2.05) is 0 Å². The summed E-state index contributed by atoms with van der Waals surface area (Å²) in [4.78, 5) is 0.